The molecule has 2 fully saturated rings. The SMILES string of the molecule is COc1cccc(C2C(Nc3ccc([N+](=O)[O-])cc3)CCN2C2CC2)c1. The topological polar surface area (TPSA) is 67.6 Å². The summed E-state index contributed by atoms with van der Waals surface area (Å²) in [5, 5.41) is 14.4. The number of nitro benzene ring substituents is 1. The molecule has 2 atom stereocenters. The molecule has 1 N–H and O–H groups in total. The van der Waals surface area contributed by atoms with Crippen molar-refractivity contribution in [2.24, 2.45) is 0 Å². The van der Waals surface area contributed by atoms with E-state index in [1.165, 1.54) is 18.4 Å². The van der Waals surface area contributed by atoms with Gasteiger partial charge in [-0.15, -0.1) is 0 Å². The van der Waals surface area contributed by atoms with E-state index >= 15 is 0 Å². The van der Waals surface area contributed by atoms with Gasteiger partial charge in [-0.05, 0) is 49.1 Å². The molecule has 2 aromatic carbocycles. The van der Waals surface area contributed by atoms with E-state index in [2.05, 4.69) is 22.3 Å². The molecule has 2 aliphatic rings. The summed E-state index contributed by atoms with van der Waals surface area (Å²) in [7, 11) is 1.69. The zero-order valence-electron chi connectivity index (χ0n) is 14.8. The lowest BCUT2D eigenvalue weighted by Crippen LogP contribution is -2.32. The minimum atomic E-state index is -0.368. The van der Waals surface area contributed by atoms with Gasteiger partial charge in [0.25, 0.3) is 5.69 Å². The number of nitro groups is 1. The van der Waals surface area contributed by atoms with E-state index in [4.69, 9.17) is 4.74 Å². The molecule has 4 rings (SSSR count). The van der Waals surface area contributed by atoms with Crippen LogP contribution in [0.25, 0.3) is 0 Å². The van der Waals surface area contributed by atoms with E-state index in [0.29, 0.717) is 6.04 Å². The van der Waals surface area contributed by atoms with Crippen molar-refractivity contribution in [1.82, 2.24) is 4.90 Å². The van der Waals surface area contributed by atoms with Crippen molar-refractivity contribution in [2.45, 2.75) is 37.4 Å². The molecule has 136 valence electrons. The fourth-order valence-electron chi connectivity index (χ4n) is 3.93. The highest BCUT2D eigenvalue weighted by Crippen LogP contribution is 2.42. The average molecular weight is 353 g/mol. The quantitative estimate of drug-likeness (QED) is 0.628. The van der Waals surface area contributed by atoms with Gasteiger partial charge < -0.3 is 10.1 Å². The first kappa shape index (κ1) is 16.8. The van der Waals surface area contributed by atoms with E-state index < -0.39 is 0 Å². The van der Waals surface area contributed by atoms with Gasteiger partial charge in [-0.2, -0.15) is 0 Å². The molecule has 1 saturated carbocycles. The van der Waals surface area contributed by atoms with Crippen LogP contribution in [0.4, 0.5) is 11.4 Å². The molecule has 6 nitrogen and oxygen atoms in total. The van der Waals surface area contributed by atoms with Gasteiger partial charge in [0, 0.05) is 36.4 Å². The fraction of sp³-hybridized carbons (Fsp3) is 0.400. The Hall–Kier alpha value is -2.60. The van der Waals surface area contributed by atoms with Crippen LogP contribution in [0.2, 0.25) is 0 Å². The van der Waals surface area contributed by atoms with E-state index in [9.17, 15) is 10.1 Å². The van der Waals surface area contributed by atoms with Crippen LogP contribution in [0.1, 0.15) is 30.9 Å². The van der Waals surface area contributed by atoms with Crippen molar-refractivity contribution < 1.29 is 9.66 Å². The average Bonchev–Trinajstić information content (AvgIpc) is 3.43. The van der Waals surface area contributed by atoms with Crippen molar-refractivity contribution in [3.05, 3.63) is 64.2 Å². The largest absolute Gasteiger partial charge is 0.497 e. The van der Waals surface area contributed by atoms with Crippen molar-refractivity contribution in [3.63, 3.8) is 0 Å². The van der Waals surface area contributed by atoms with Gasteiger partial charge in [0.2, 0.25) is 0 Å². The lowest BCUT2D eigenvalue weighted by atomic mass is 9.99. The summed E-state index contributed by atoms with van der Waals surface area (Å²) in [4.78, 5) is 13.1. The predicted molar refractivity (Wildman–Crippen MR) is 101 cm³/mol. The third-order valence-electron chi connectivity index (χ3n) is 5.32. The van der Waals surface area contributed by atoms with Crippen LogP contribution in [0.3, 0.4) is 0 Å². The van der Waals surface area contributed by atoms with Crippen LogP contribution in [0.15, 0.2) is 48.5 Å². The van der Waals surface area contributed by atoms with E-state index in [1.54, 1.807) is 31.4 Å². The molecule has 2 unspecified atom stereocenters. The number of nitrogens with zero attached hydrogens (tertiary/aromatic N) is 2. The first-order chi connectivity index (χ1) is 12.7. The number of hydrogen-bond donors (Lipinski definition) is 1. The maximum atomic E-state index is 10.8. The normalized spacial score (nSPS) is 23.0. The molecule has 0 amide bonds. The number of anilines is 1. The Morgan fingerprint density at radius 2 is 1.92 bits per heavy atom. The van der Waals surface area contributed by atoms with Gasteiger partial charge in [-0.1, -0.05) is 12.1 Å². The Kier molecular flexibility index (Phi) is 4.51. The Balaban J connectivity index is 1.58. The number of rotatable bonds is 6. The number of ether oxygens (including phenoxy) is 1. The monoisotopic (exact) mass is 353 g/mol. The molecule has 0 aromatic heterocycles. The van der Waals surface area contributed by atoms with Gasteiger partial charge >= 0.3 is 0 Å². The number of benzene rings is 2. The number of non-ortho nitro benzene ring substituents is 1. The summed E-state index contributed by atoms with van der Waals surface area (Å²) >= 11 is 0. The molecule has 6 heteroatoms. The lowest BCUT2D eigenvalue weighted by molar-refractivity contribution is -0.384. The highest BCUT2D eigenvalue weighted by molar-refractivity contribution is 5.50. The summed E-state index contributed by atoms with van der Waals surface area (Å²) in [5.41, 5.74) is 2.30. The number of methoxy groups -OCH3 is 1. The first-order valence-electron chi connectivity index (χ1n) is 9.06. The van der Waals surface area contributed by atoms with E-state index in [0.717, 1.165) is 24.4 Å². The van der Waals surface area contributed by atoms with Crippen LogP contribution >= 0.6 is 0 Å². The van der Waals surface area contributed by atoms with Crippen molar-refractivity contribution >= 4 is 11.4 Å². The van der Waals surface area contributed by atoms with Crippen LogP contribution in [-0.2, 0) is 0 Å². The third-order valence-corrected chi connectivity index (χ3v) is 5.32. The number of hydrogen-bond acceptors (Lipinski definition) is 5. The molecular weight excluding hydrogens is 330 g/mol. The molecule has 0 bridgehead atoms. The summed E-state index contributed by atoms with van der Waals surface area (Å²) in [6.07, 6.45) is 3.59. The van der Waals surface area contributed by atoms with Crippen LogP contribution < -0.4 is 10.1 Å². The third kappa shape index (κ3) is 3.37. The van der Waals surface area contributed by atoms with E-state index in [1.807, 2.05) is 12.1 Å². The van der Waals surface area contributed by atoms with E-state index in [-0.39, 0.29) is 22.7 Å². The molecule has 1 heterocycles. The molecular formula is C20H23N3O3. The standard InChI is InChI=1S/C20H23N3O3/c1-26-18-4-2-3-14(13-18)20-19(11-12-22(20)16-9-10-16)21-15-5-7-17(8-6-15)23(24)25/h2-8,13,16,19-21H,9-12H2,1H3. The Morgan fingerprint density at radius 1 is 1.15 bits per heavy atom. The summed E-state index contributed by atoms with van der Waals surface area (Å²) < 4.78 is 5.41. The zero-order valence-corrected chi connectivity index (χ0v) is 14.8. The molecule has 1 aliphatic carbocycles. The fourth-order valence-corrected chi connectivity index (χ4v) is 3.93. The maximum Gasteiger partial charge on any atom is 0.269 e. The highest BCUT2D eigenvalue weighted by Gasteiger charge is 2.42. The molecule has 2 aromatic rings. The highest BCUT2D eigenvalue weighted by atomic mass is 16.6. The second kappa shape index (κ2) is 6.96. The zero-order chi connectivity index (χ0) is 18.1. The minimum Gasteiger partial charge on any atom is -0.497 e. The lowest BCUT2D eigenvalue weighted by Gasteiger charge is -2.30. The Morgan fingerprint density at radius 3 is 2.58 bits per heavy atom. The van der Waals surface area contributed by atoms with Crippen molar-refractivity contribution in [2.75, 3.05) is 19.0 Å². The maximum absolute atomic E-state index is 10.8. The predicted octanol–water partition coefficient (Wildman–Crippen LogP) is 3.99. The van der Waals surface area contributed by atoms with Crippen molar-refractivity contribution in [1.29, 1.82) is 0 Å². The molecule has 0 radical (unpaired) electrons. The number of likely N-dealkylation sites (tertiary alicyclic amines) is 1. The first-order valence-corrected chi connectivity index (χ1v) is 9.06. The second-order valence-electron chi connectivity index (χ2n) is 7.03. The molecule has 26 heavy (non-hydrogen) atoms. The van der Waals surface area contributed by atoms with Gasteiger partial charge in [0.05, 0.1) is 18.1 Å². The smallest absolute Gasteiger partial charge is 0.269 e. The molecule has 1 saturated heterocycles. The van der Waals surface area contributed by atoms with Crippen molar-refractivity contribution in [3.8, 4) is 5.75 Å². The van der Waals surface area contributed by atoms with Gasteiger partial charge in [0.15, 0.2) is 0 Å². The summed E-state index contributed by atoms with van der Waals surface area (Å²) in [6, 6.07) is 16.2. The summed E-state index contributed by atoms with van der Waals surface area (Å²) in [6.45, 7) is 1.07. The van der Waals surface area contributed by atoms with Gasteiger partial charge in [-0.25, -0.2) is 0 Å². The number of nitrogens with one attached hydrogen (secondary N) is 1. The Bertz CT molecular complexity index is 789. The van der Waals surface area contributed by atoms with Crippen LogP contribution in [-0.4, -0.2) is 35.6 Å². The minimum absolute atomic E-state index is 0.117. The second-order valence-corrected chi connectivity index (χ2v) is 7.03. The molecule has 0 spiro atoms. The van der Waals surface area contributed by atoms with Crippen LogP contribution in [0, 0.1) is 10.1 Å². The summed E-state index contributed by atoms with van der Waals surface area (Å²) in [5.74, 6) is 0.874. The van der Waals surface area contributed by atoms with Gasteiger partial charge in [-0.3, -0.25) is 15.0 Å². The van der Waals surface area contributed by atoms with Gasteiger partial charge in [0.1, 0.15) is 5.75 Å². The molecule has 1 aliphatic heterocycles. The Labute approximate surface area is 152 Å². The van der Waals surface area contributed by atoms with Crippen LogP contribution in [0.5, 0.6) is 5.75 Å².